The van der Waals surface area contributed by atoms with Gasteiger partial charge in [0.25, 0.3) is 0 Å². The SMILES string of the molecule is CC(C)c1cc(-c2ccccn2)cc(-c2ccnc3c2nc(-c2cc(C(C)(C)C)cc(C(C)(C)C)c2O)n3-c2ccccc2)c1. The van der Waals surface area contributed by atoms with Gasteiger partial charge in [-0.25, -0.2) is 9.97 Å². The van der Waals surface area contributed by atoms with Crippen molar-refractivity contribution in [2.45, 2.75) is 72.1 Å². The summed E-state index contributed by atoms with van der Waals surface area (Å²) < 4.78 is 2.08. The Balaban J connectivity index is 1.69. The third kappa shape index (κ3) is 5.75. The Labute approximate surface area is 266 Å². The van der Waals surface area contributed by atoms with Crippen molar-refractivity contribution in [3.63, 3.8) is 0 Å². The number of para-hydroxylation sites is 1. The number of benzene rings is 3. The smallest absolute Gasteiger partial charge is 0.165 e. The van der Waals surface area contributed by atoms with Crippen LogP contribution >= 0.6 is 0 Å². The molecule has 3 heterocycles. The monoisotopic (exact) mass is 594 g/mol. The molecule has 3 aromatic heterocycles. The normalized spacial score (nSPS) is 12.3. The summed E-state index contributed by atoms with van der Waals surface area (Å²) in [7, 11) is 0. The molecule has 0 atom stereocenters. The summed E-state index contributed by atoms with van der Waals surface area (Å²) in [6.45, 7) is 17.5. The van der Waals surface area contributed by atoms with Gasteiger partial charge in [-0.3, -0.25) is 9.55 Å². The van der Waals surface area contributed by atoms with Gasteiger partial charge in [0.05, 0.1) is 11.3 Å². The molecule has 0 saturated heterocycles. The molecule has 228 valence electrons. The van der Waals surface area contributed by atoms with Crippen molar-refractivity contribution < 1.29 is 5.11 Å². The van der Waals surface area contributed by atoms with Gasteiger partial charge in [-0.05, 0) is 82.0 Å². The fraction of sp³-hybridized carbons (Fsp3) is 0.275. The Morgan fingerprint density at radius 1 is 0.689 bits per heavy atom. The van der Waals surface area contributed by atoms with Crippen LogP contribution in [0.2, 0.25) is 0 Å². The number of phenols is 1. The van der Waals surface area contributed by atoms with Crippen molar-refractivity contribution in [3.05, 3.63) is 114 Å². The zero-order valence-electron chi connectivity index (χ0n) is 27.6. The van der Waals surface area contributed by atoms with Crippen LogP contribution in [0.3, 0.4) is 0 Å². The number of rotatable bonds is 5. The van der Waals surface area contributed by atoms with E-state index in [1.54, 1.807) is 0 Å². The molecule has 0 saturated carbocycles. The second-order valence-electron chi connectivity index (χ2n) is 14.3. The van der Waals surface area contributed by atoms with Gasteiger partial charge in [-0.15, -0.1) is 0 Å². The first-order valence-corrected chi connectivity index (χ1v) is 15.7. The molecule has 6 aromatic rings. The summed E-state index contributed by atoms with van der Waals surface area (Å²) in [6, 6.07) is 29.1. The zero-order chi connectivity index (χ0) is 32.1. The largest absolute Gasteiger partial charge is 0.507 e. The number of aromatic hydroxyl groups is 1. The van der Waals surface area contributed by atoms with Gasteiger partial charge >= 0.3 is 0 Å². The van der Waals surface area contributed by atoms with E-state index in [-0.39, 0.29) is 16.6 Å². The van der Waals surface area contributed by atoms with E-state index in [9.17, 15) is 5.11 Å². The minimum atomic E-state index is -0.272. The van der Waals surface area contributed by atoms with E-state index < -0.39 is 0 Å². The van der Waals surface area contributed by atoms with E-state index >= 15 is 0 Å². The topological polar surface area (TPSA) is 63.8 Å². The number of imidazole rings is 1. The van der Waals surface area contributed by atoms with Crippen molar-refractivity contribution >= 4 is 11.2 Å². The molecule has 5 nitrogen and oxygen atoms in total. The Morgan fingerprint density at radius 2 is 1.40 bits per heavy atom. The first kappa shape index (κ1) is 30.3. The molecule has 0 spiro atoms. The Bertz CT molecular complexity index is 1990. The highest BCUT2D eigenvalue weighted by atomic mass is 16.3. The Hall–Kier alpha value is -4.77. The Morgan fingerprint density at radius 3 is 2.04 bits per heavy atom. The molecular formula is C40H42N4O. The van der Waals surface area contributed by atoms with Crippen LogP contribution in [0.5, 0.6) is 5.75 Å². The highest BCUT2D eigenvalue weighted by molar-refractivity contribution is 5.94. The molecule has 0 aliphatic carbocycles. The molecule has 0 aliphatic rings. The number of fused-ring (bicyclic) bond motifs is 1. The van der Waals surface area contributed by atoms with Gasteiger partial charge in [0.15, 0.2) is 11.5 Å². The van der Waals surface area contributed by atoms with Crippen molar-refractivity contribution in [1.29, 1.82) is 0 Å². The minimum absolute atomic E-state index is 0.130. The third-order valence-electron chi connectivity index (χ3n) is 8.48. The highest BCUT2D eigenvalue weighted by Gasteiger charge is 2.29. The van der Waals surface area contributed by atoms with Crippen LogP contribution in [-0.2, 0) is 10.8 Å². The summed E-state index contributed by atoms with van der Waals surface area (Å²) in [5.41, 5.74) is 10.1. The van der Waals surface area contributed by atoms with Crippen molar-refractivity contribution in [2.24, 2.45) is 0 Å². The highest BCUT2D eigenvalue weighted by Crippen LogP contribution is 2.44. The van der Waals surface area contributed by atoms with Crippen LogP contribution in [0, 0.1) is 0 Å². The lowest BCUT2D eigenvalue weighted by atomic mass is 9.79. The van der Waals surface area contributed by atoms with E-state index in [1.165, 1.54) is 5.56 Å². The number of nitrogens with zero attached hydrogens (tertiary/aromatic N) is 4. The summed E-state index contributed by atoms with van der Waals surface area (Å²) in [4.78, 5) is 14.9. The van der Waals surface area contributed by atoms with Crippen LogP contribution in [0.1, 0.15) is 78.0 Å². The van der Waals surface area contributed by atoms with E-state index in [1.807, 2.05) is 54.9 Å². The summed E-state index contributed by atoms with van der Waals surface area (Å²) in [5, 5.41) is 11.9. The lowest BCUT2D eigenvalue weighted by Gasteiger charge is -2.27. The van der Waals surface area contributed by atoms with Crippen LogP contribution in [0.25, 0.3) is 50.6 Å². The third-order valence-corrected chi connectivity index (χ3v) is 8.48. The zero-order valence-corrected chi connectivity index (χ0v) is 27.6. The van der Waals surface area contributed by atoms with Gasteiger partial charge in [0, 0.05) is 34.8 Å². The molecule has 0 fully saturated rings. The fourth-order valence-corrected chi connectivity index (χ4v) is 5.84. The average Bonchev–Trinajstić information content (AvgIpc) is 3.40. The van der Waals surface area contributed by atoms with Crippen LogP contribution in [-0.4, -0.2) is 24.6 Å². The Kier molecular flexibility index (Phi) is 7.60. The number of aromatic nitrogens is 4. The summed E-state index contributed by atoms with van der Waals surface area (Å²) in [5.74, 6) is 1.24. The maximum Gasteiger partial charge on any atom is 0.165 e. The molecule has 5 heteroatoms. The number of pyridine rings is 2. The molecule has 1 N–H and O–H groups in total. The van der Waals surface area contributed by atoms with Crippen LogP contribution < -0.4 is 0 Å². The molecular weight excluding hydrogens is 552 g/mol. The van der Waals surface area contributed by atoms with Gasteiger partial charge in [0.2, 0.25) is 0 Å². The van der Waals surface area contributed by atoms with Gasteiger partial charge in [-0.1, -0.05) is 91.8 Å². The summed E-state index contributed by atoms with van der Waals surface area (Å²) in [6.07, 6.45) is 3.69. The maximum atomic E-state index is 11.9. The molecule has 0 unspecified atom stereocenters. The van der Waals surface area contributed by atoms with Gasteiger partial charge in [0.1, 0.15) is 11.3 Å². The van der Waals surface area contributed by atoms with E-state index in [0.29, 0.717) is 17.3 Å². The number of phenolic OH excluding ortho intramolecular Hbond substituents is 1. The number of hydrogen-bond donors (Lipinski definition) is 1. The standard InChI is InChI=1S/C40H42N4O/c1-25(2)26-20-27(22-28(21-26)34-16-12-13-18-41-34)31-17-19-42-38-35(31)43-37(44(38)30-14-10-9-11-15-30)32-23-29(39(3,4)5)24-33(36(32)45)40(6,7)8/h9-25,45H,1-8H3. The first-order valence-electron chi connectivity index (χ1n) is 15.7. The van der Waals surface area contributed by atoms with Crippen molar-refractivity contribution in [2.75, 3.05) is 0 Å². The lowest BCUT2D eigenvalue weighted by molar-refractivity contribution is 0.446. The summed E-state index contributed by atoms with van der Waals surface area (Å²) >= 11 is 0. The molecule has 0 aliphatic heterocycles. The average molecular weight is 595 g/mol. The lowest BCUT2D eigenvalue weighted by Crippen LogP contribution is -2.17. The number of hydrogen-bond acceptors (Lipinski definition) is 4. The molecule has 3 aromatic carbocycles. The second-order valence-corrected chi connectivity index (χ2v) is 14.3. The fourth-order valence-electron chi connectivity index (χ4n) is 5.84. The van der Waals surface area contributed by atoms with Crippen LogP contribution in [0.4, 0.5) is 0 Å². The minimum Gasteiger partial charge on any atom is -0.507 e. The van der Waals surface area contributed by atoms with Crippen LogP contribution in [0.15, 0.2) is 97.3 Å². The van der Waals surface area contributed by atoms with E-state index in [4.69, 9.17) is 9.97 Å². The predicted molar refractivity (Wildman–Crippen MR) is 186 cm³/mol. The van der Waals surface area contributed by atoms with Gasteiger partial charge in [-0.2, -0.15) is 0 Å². The quantitative estimate of drug-likeness (QED) is 0.216. The van der Waals surface area contributed by atoms with E-state index in [2.05, 4.69) is 107 Å². The predicted octanol–water partition coefficient (Wildman–Crippen LogP) is 10.2. The second kappa shape index (κ2) is 11.3. The maximum absolute atomic E-state index is 11.9. The van der Waals surface area contributed by atoms with Crippen molar-refractivity contribution in [1.82, 2.24) is 19.5 Å². The molecule has 45 heavy (non-hydrogen) atoms. The molecule has 0 bridgehead atoms. The van der Waals surface area contributed by atoms with E-state index in [0.717, 1.165) is 50.4 Å². The molecule has 6 rings (SSSR count). The molecule has 0 radical (unpaired) electrons. The molecule has 0 amide bonds. The van der Waals surface area contributed by atoms with Crippen molar-refractivity contribution in [3.8, 4) is 45.2 Å². The first-order chi connectivity index (χ1) is 21.3. The van der Waals surface area contributed by atoms with Gasteiger partial charge < -0.3 is 5.11 Å².